The maximum Gasteiger partial charge on any atom is 0.0915 e. The predicted octanol–water partition coefficient (Wildman–Crippen LogP) is 1.76. The van der Waals surface area contributed by atoms with Crippen LogP contribution >= 0.6 is 11.7 Å². The van der Waals surface area contributed by atoms with Crippen molar-refractivity contribution in [3.05, 3.63) is 24.5 Å². The van der Waals surface area contributed by atoms with Crippen molar-refractivity contribution in [1.82, 2.24) is 14.1 Å². The van der Waals surface area contributed by atoms with Crippen LogP contribution in [0.15, 0.2) is 18.9 Å². The molecule has 0 aliphatic rings. The first-order chi connectivity index (χ1) is 5.88. The molecular weight excluding hydrogens is 170 g/mol. The summed E-state index contributed by atoms with van der Waals surface area (Å²) < 4.78 is 8.14. The molecule has 4 heteroatoms. The standard InChI is InChI=1S/C8H13N3S/c1-3-5-7(9-4-2)8-6-10-12-11-8/h3,6-7,9H,1,4-5H2,2H3. The van der Waals surface area contributed by atoms with Crippen LogP contribution in [0.3, 0.4) is 0 Å². The van der Waals surface area contributed by atoms with Gasteiger partial charge in [-0.2, -0.15) is 8.75 Å². The number of nitrogens with one attached hydrogen (secondary N) is 1. The van der Waals surface area contributed by atoms with Crippen molar-refractivity contribution in [3.63, 3.8) is 0 Å². The third kappa shape index (κ3) is 2.39. The summed E-state index contributed by atoms with van der Waals surface area (Å²) in [6.07, 6.45) is 4.60. The van der Waals surface area contributed by atoms with E-state index >= 15 is 0 Å². The third-order valence-electron chi connectivity index (χ3n) is 1.59. The maximum absolute atomic E-state index is 4.17. The summed E-state index contributed by atoms with van der Waals surface area (Å²) in [6.45, 7) is 6.73. The maximum atomic E-state index is 4.17. The molecule has 1 aromatic rings. The van der Waals surface area contributed by atoms with Gasteiger partial charge in [0.15, 0.2) is 0 Å². The Morgan fingerprint density at radius 3 is 3.17 bits per heavy atom. The molecule has 1 aromatic heterocycles. The molecular formula is C8H13N3S. The quantitative estimate of drug-likeness (QED) is 0.707. The van der Waals surface area contributed by atoms with Gasteiger partial charge in [0.1, 0.15) is 0 Å². The highest BCUT2D eigenvalue weighted by Crippen LogP contribution is 2.14. The van der Waals surface area contributed by atoms with E-state index in [-0.39, 0.29) is 6.04 Å². The zero-order valence-electron chi connectivity index (χ0n) is 7.16. The SMILES string of the molecule is C=CCC(NCC)c1cnsn1. The topological polar surface area (TPSA) is 37.8 Å². The van der Waals surface area contributed by atoms with Crippen LogP contribution < -0.4 is 5.32 Å². The lowest BCUT2D eigenvalue weighted by Gasteiger charge is -2.11. The molecule has 0 saturated heterocycles. The van der Waals surface area contributed by atoms with Crippen LogP contribution in [0.2, 0.25) is 0 Å². The van der Waals surface area contributed by atoms with Crippen molar-refractivity contribution < 1.29 is 0 Å². The summed E-state index contributed by atoms with van der Waals surface area (Å²) in [7, 11) is 0. The summed E-state index contributed by atoms with van der Waals surface area (Å²) in [5.74, 6) is 0. The Morgan fingerprint density at radius 1 is 1.83 bits per heavy atom. The molecule has 0 radical (unpaired) electrons. The molecule has 0 bridgehead atoms. The van der Waals surface area contributed by atoms with Crippen molar-refractivity contribution in [2.75, 3.05) is 6.54 Å². The summed E-state index contributed by atoms with van der Waals surface area (Å²) in [6, 6.07) is 0.284. The predicted molar refractivity (Wildman–Crippen MR) is 51.1 cm³/mol. The van der Waals surface area contributed by atoms with E-state index in [1.165, 1.54) is 11.7 Å². The van der Waals surface area contributed by atoms with Crippen molar-refractivity contribution >= 4 is 11.7 Å². The second-order valence-electron chi connectivity index (χ2n) is 2.47. The molecule has 0 fully saturated rings. The second kappa shape index (κ2) is 5.00. The zero-order chi connectivity index (χ0) is 8.81. The van der Waals surface area contributed by atoms with Crippen LogP contribution in [0.25, 0.3) is 0 Å². The van der Waals surface area contributed by atoms with E-state index in [9.17, 15) is 0 Å². The minimum atomic E-state index is 0.284. The first-order valence-electron chi connectivity index (χ1n) is 4.00. The van der Waals surface area contributed by atoms with Gasteiger partial charge in [-0.1, -0.05) is 13.0 Å². The fourth-order valence-electron chi connectivity index (χ4n) is 1.05. The van der Waals surface area contributed by atoms with Crippen LogP contribution in [-0.4, -0.2) is 15.3 Å². The van der Waals surface area contributed by atoms with E-state index in [1.807, 2.05) is 12.3 Å². The molecule has 12 heavy (non-hydrogen) atoms. The van der Waals surface area contributed by atoms with Gasteiger partial charge in [-0.3, -0.25) is 0 Å². The van der Waals surface area contributed by atoms with Gasteiger partial charge in [0.05, 0.1) is 29.7 Å². The van der Waals surface area contributed by atoms with Crippen LogP contribution in [-0.2, 0) is 0 Å². The lowest BCUT2D eigenvalue weighted by molar-refractivity contribution is 0.549. The minimum Gasteiger partial charge on any atom is -0.309 e. The third-order valence-corrected chi connectivity index (χ3v) is 2.08. The largest absolute Gasteiger partial charge is 0.309 e. The van der Waals surface area contributed by atoms with Crippen molar-refractivity contribution in [2.45, 2.75) is 19.4 Å². The van der Waals surface area contributed by atoms with Gasteiger partial charge >= 0.3 is 0 Å². The molecule has 1 heterocycles. The van der Waals surface area contributed by atoms with Gasteiger partial charge < -0.3 is 5.32 Å². The van der Waals surface area contributed by atoms with E-state index in [4.69, 9.17) is 0 Å². The van der Waals surface area contributed by atoms with Crippen LogP contribution in [0.1, 0.15) is 25.1 Å². The Labute approximate surface area is 76.8 Å². The number of hydrogen-bond donors (Lipinski definition) is 1. The molecule has 0 amide bonds. The highest BCUT2D eigenvalue weighted by Gasteiger charge is 2.10. The monoisotopic (exact) mass is 183 g/mol. The lowest BCUT2D eigenvalue weighted by atomic mass is 10.1. The molecule has 0 aliphatic heterocycles. The normalized spacial score (nSPS) is 12.8. The fourth-order valence-corrected chi connectivity index (χ4v) is 1.52. The average Bonchev–Trinajstić information content (AvgIpc) is 2.56. The lowest BCUT2D eigenvalue weighted by Crippen LogP contribution is -2.20. The van der Waals surface area contributed by atoms with E-state index in [0.717, 1.165) is 18.7 Å². The van der Waals surface area contributed by atoms with Gasteiger partial charge in [0.2, 0.25) is 0 Å². The first-order valence-corrected chi connectivity index (χ1v) is 4.73. The van der Waals surface area contributed by atoms with Crippen molar-refractivity contribution in [1.29, 1.82) is 0 Å². The average molecular weight is 183 g/mol. The molecule has 3 nitrogen and oxygen atoms in total. The minimum absolute atomic E-state index is 0.284. The summed E-state index contributed by atoms with van der Waals surface area (Å²) in [4.78, 5) is 0. The molecule has 1 rings (SSSR count). The zero-order valence-corrected chi connectivity index (χ0v) is 7.97. The number of hydrogen-bond acceptors (Lipinski definition) is 4. The van der Waals surface area contributed by atoms with Gasteiger partial charge in [-0.05, 0) is 13.0 Å². The van der Waals surface area contributed by atoms with E-state index in [0.29, 0.717) is 0 Å². The molecule has 1 unspecified atom stereocenters. The summed E-state index contributed by atoms with van der Waals surface area (Å²) >= 11 is 1.25. The van der Waals surface area contributed by atoms with Crippen LogP contribution in [0.5, 0.6) is 0 Å². The molecule has 1 atom stereocenters. The molecule has 0 saturated carbocycles. The number of rotatable bonds is 5. The fraction of sp³-hybridized carbons (Fsp3) is 0.500. The highest BCUT2D eigenvalue weighted by molar-refractivity contribution is 6.99. The highest BCUT2D eigenvalue weighted by atomic mass is 32.1. The van der Waals surface area contributed by atoms with E-state index < -0.39 is 0 Å². The summed E-state index contributed by atoms with van der Waals surface area (Å²) in [5, 5.41) is 3.32. The number of nitrogens with zero attached hydrogens (tertiary/aromatic N) is 2. The van der Waals surface area contributed by atoms with E-state index in [1.54, 1.807) is 0 Å². The van der Waals surface area contributed by atoms with Gasteiger partial charge in [-0.25, -0.2) is 0 Å². The van der Waals surface area contributed by atoms with E-state index in [2.05, 4.69) is 27.6 Å². The van der Waals surface area contributed by atoms with Gasteiger partial charge in [-0.15, -0.1) is 6.58 Å². The molecule has 66 valence electrons. The van der Waals surface area contributed by atoms with Gasteiger partial charge in [0.25, 0.3) is 0 Å². The first kappa shape index (κ1) is 9.35. The Hall–Kier alpha value is -0.740. The Balaban J connectivity index is 2.59. The summed E-state index contributed by atoms with van der Waals surface area (Å²) in [5.41, 5.74) is 1.02. The van der Waals surface area contributed by atoms with Crippen molar-refractivity contribution in [3.8, 4) is 0 Å². The Morgan fingerprint density at radius 2 is 2.67 bits per heavy atom. The van der Waals surface area contributed by atoms with Crippen LogP contribution in [0, 0.1) is 0 Å². The van der Waals surface area contributed by atoms with Crippen molar-refractivity contribution in [2.24, 2.45) is 0 Å². The molecule has 0 spiro atoms. The molecule has 1 N–H and O–H groups in total. The number of aromatic nitrogens is 2. The molecule has 0 aromatic carbocycles. The Kier molecular flexibility index (Phi) is 3.90. The van der Waals surface area contributed by atoms with Gasteiger partial charge in [0, 0.05) is 0 Å². The smallest absolute Gasteiger partial charge is 0.0915 e. The second-order valence-corrected chi connectivity index (χ2v) is 3.02. The molecule has 0 aliphatic carbocycles. The Bertz CT molecular complexity index is 220. The van der Waals surface area contributed by atoms with Crippen LogP contribution in [0.4, 0.5) is 0 Å².